The maximum absolute atomic E-state index is 6.19. The Hall–Kier alpha value is -0.240. The highest BCUT2D eigenvalue weighted by Gasteiger charge is 2.19. The van der Waals surface area contributed by atoms with Crippen LogP contribution in [-0.4, -0.2) is 0 Å². The van der Waals surface area contributed by atoms with Gasteiger partial charge < -0.3 is 5.73 Å². The van der Waals surface area contributed by atoms with Crippen LogP contribution in [0, 0.1) is 5.92 Å². The van der Waals surface area contributed by atoms with E-state index in [2.05, 4.69) is 13.8 Å². The SMILES string of the molecule is CCC(CC)C(N)c1cccc(Cl)c1Cl. The molecule has 1 rings (SSSR count). The van der Waals surface area contributed by atoms with Crippen molar-refractivity contribution in [2.24, 2.45) is 11.7 Å². The Morgan fingerprint density at radius 1 is 1.20 bits per heavy atom. The Labute approximate surface area is 102 Å². The van der Waals surface area contributed by atoms with Gasteiger partial charge in [-0.2, -0.15) is 0 Å². The second-order valence-electron chi connectivity index (χ2n) is 3.75. The van der Waals surface area contributed by atoms with E-state index < -0.39 is 0 Å². The molecule has 84 valence electrons. The molecule has 0 heterocycles. The van der Waals surface area contributed by atoms with Gasteiger partial charge in [0.25, 0.3) is 0 Å². The lowest BCUT2D eigenvalue weighted by atomic mass is 9.89. The Balaban J connectivity index is 2.99. The van der Waals surface area contributed by atoms with Gasteiger partial charge >= 0.3 is 0 Å². The van der Waals surface area contributed by atoms with Gasteiger partial charge in [-0.15, -0.1) is 0 Å². The minimum atomic E-state index is -0.0220. The van der Waals surface area contributed by atoms with Crippen LogP contribution in [-0.2, 0) is 0 Å². The zero-order chi connectivity index (χ0) is 11.4. The maximum atomic E-state index is 6.19. The fourth-order valence-corrected chi connectivity index (χ4v) is 2.26. The number of hydrogen-bond donors (Lipinski definition) is 1. The summed E-state index contributed by atoms with van der Waals surface area (Å²) in [5.41, 5.74) is 7.14. The highest BCUT2D eigenvalue weighted by molar-refractivity contribution is 6.42. The van der Waals surface area contributed by atoms with Crippen LogP contribution in [0.2, 0.25) is 10.0 Å². The Bertz CT molecular complexity index is 321. The van der Waals surface area contributed by atoms with Crippen LogP contribution in [0.3, 0.4) is 0 Å². The normalized spacial score (nSPS) is 13.2. The van der Waals surface area contributed by atoms with Crippen molar-refractivity contribution >= 4 is 23.2 Å². The van der Waals surface area contributed by atoms with Gasteiger partial charge in [0.05, 0.1) is 10.0 Å². The quantitative estimate of drug-likeness (QED) is 0.835. The zero-order valence-corrected chi connectivity index (χ0v) is 10.6. The molecule has 15 heavy (non-hydrogen) atoms. The zero-order valence-electron chi connectivity index (χ0n) is 9.13. The second kappa shape index (κ2) is 5.74. The highest BCUT2D eigenvalue weighted by atomic mass is 35.5. The summed E-state index contributed by atoms with van der Waals surface area (Å²) >= 11 is 12.1. The largest absolute Gasteiger partial charge is 0.324 e. The first-order chi connectivity index (χ1) is 7.11. The summed E-state index contributed by atoms with van der Waals surface area (Å²) in [6, 6.07) is 5.61. The highest BCUT2D eigenvalue weighted by Crippen LogP contribution is 2.33. The molecule has 0 aliphatic rings. The fraction of sp³-hybridized carbons (Fsp3) is 0.500. The lowest BCUT2D eigenvalue weighted by Gasteiger charge is -2.22. The molecule has 1 aromatic carbocycles. The molecule has 0 spiro atoms. The van der Waals surface area contributed by atoms with E-state index in [4.69, 9.17) is 28.9 Å². The third-order valence-electron chi connectivity index (χ3n) is 2.90. The smallest absolute Gasteiger partial charge is 0.0640 e. The molecule has 0 saturated carbocycles. The Kier molecular flexibility index (Phi) is 4.91. The van der Waals surface area contributed by atoms with E-state index in [0.717, 1.165) is 18.4 Å². The van der Waals surface area contributed by atoms with Crippen LogP contribution in [0.1, 0.15) is 38.3 Å². The fourth-order valence-electron chi connectivity index (χ4n) is 1.83. The monoisotopic (exact) mass is 245 g/mol. The van der Waals surface area contributed by atoms with Crippen LogP contribution < -0.4 is 5.73 Å². The molecule has 0 aromatic heterocycles. The van der Waals surface area contributed by atoms with E-state index in [0.29, 0.717) is 16.0 Å². The first-order valence-electron chi connectivity index (χ1n) is 5.31. The van der Waals surface area contributed by atoms with E-state index >= 15 is 0 Å². The van der Waals surface area contributed by atoms with Gasteiger partial charge in [0, 0.05) is 6.04 Å². The lowest BCUT2D eigenvalue weighted by Crippen LogP contribution is -2.20. The van der Waals surface area contributed by atoms with E-state index in [-0.39, 0.29) is 6.04 Å². The molecular weight excluding hydrogens is 229 g/mol. The van der Waals surface area contributed by atoms with Crippen LogP contribution in [0.5, 0.6) is 0 Å². The molecule has 0 bridgehead atoms. The van der Waals surface area contributed by atoms with Crippen LogP contribution in [0.15, 0.2) is 18.2 Å². The summed E-state index contributed by atoms with van der Waals surface area (Å²) in [6.45, 7) is 4.29. The number of halogens is 2. The van der Waals surface area contributed by atoms with Crippen molar-refractivity contribution < 1.29 is 0 Å². The molecule has 2 N–H and O–H groups in total. The second-order valence-corrected chi connectivity index (χ2v) is 4.53. The minimum absolute atomic E-state index is 0.0220. The van der Waals surface area contributed by atoms with Crippen molar-refractivity contribution in [3.05, 3.63) is 33.8 Å². The third kappa shape index (κ3) is 2.87. The Morgan fingerprint density at radius 3 is 2.33 bits per heavy atom. The number of hydrogen-bond acceptors (Lipinski definition) is 1. The van der Waals surface area contributed by atoms with Crippen LogP contribution in [0.25, 0.3) is 0 Å². The Morgan fingerprint density at radius 2 is 1.80 bits per heavy atom. The average Bonchev–Trinajstić information content (AvgIpc) is 2.23. The number of benzene rings is 1. The molecular formula is C12H17Cl2N. The number of nitrogens with two attached hydrogens (primary N) is 1. The molecule has 0 aliphatic carbocycles. The van der Waals surface area contributed by atoms with Gasteiger partial charge in [-0.25, -0.2) is 0 Å². The predicted octanol–water partition coefficient (Wildman–Crippen LogP) is 4.43. The molecule has 1 aromatic rings. The summed E-state index contributed by atoms with van der Waals surface area (Å²) in [4.78, 5) is 0. The summed E-state index contributed by atoms with van der Waals surface area (Å²) in [5, 5.41) is 1.18. The predicted molar refractivity (Wildman–Crippen MR) is 67.5 cm³/mol. The van der Waals surface area contributed by atoms with Crippen molar-refractivity contribution in [1.82, 2.24) is 0 Å². The van der Waals surface area contributed by atoms with Gasteiger partial charge in [0.1, 0.15) is 0 Å². The molecule has 0 amide bonds. The standard InChI is InChI=1S/C12H17Cl2N/c1-3-8(4-2)12(15)9-6-5-7-10(13)11(9)14/h5-8,12H,3-4,15H2,1-2H3. The van der Waals surface area contributed by atoms with Crippen molar-refractivity contribution in [2.75, 3.05) is 0 Å². The molecule has 1 nitrogen and oxygen atoms in total. The molecule has 0 fully saturated rings. The summed E-state index contributed by atoms with van der Waals surface area (Å²) in [6.07, 6.45) is 2.11. The molecule has 0 aliphatic heterocycles. The third-order valence-corrected chi connectivity index (χ3v) is 3.73. The minimum Gasteiger partial charge on any atom is -0.324 e. The lowest BCUT2D eigenvalue weighted by molar-refractivity contribution is 0.405. The van der Waals surface area contributed by atoms with E-state index in [1.165, 1.54) is 0 Å². The topological polar surface area (TPSA) is 26.0 Å². The van der Waals surface area contributed by atoms with Gasteiger partial charge in [-0.3, -0.25) is 0 Å². The van der Waals surface area contributed by atoms with Gasteiger partial charge in [-0.05, 0) is 17.5 Å². The summed E-state index contributed by atoms with van der Waals surface area (Å²) < 4.78 is 0. The number of rotatable bonds is 4. The van der Waals surface area contributed by atoms with Gasteiger partial charge in [-0.1, -0.05) is 62.0 Å². The molecule has 1 atom stereocenters. The molecule has 3 heteroatoms. The van der Waals surface area contributed by atoms with E-state index in [1.807, 2.05) is 12.1 Å². The molecule has 0 saturated heterocycles. The van der Waals surface area contributed by atoms with Gasteiger partial charge in [0.2, 0.25) is 0 Å². The van der Waals surface area contributed by atoms with E-state index in [9.17, 15) is 0 Å². The average molecular weight is 246 g/mol. The van der Waals surface area contributed by atoms with Crippen molar-refractivity contribution in [1.29, 1.82) is 0 Å². The van der Waals surface area contributed by atoms with Crippen molar-refractivity contribution in [2.45, 2.75) is 32.7 Å². The summed E-state index contributed by atoms with van der Waals surface area (Å²) in [5.74, 6) is 0.459. The van der Waals surface area contributed by atoms with Crippen LogP contribution >= 0.6 is 23.2 Å². The van der Waals surface area contributed by atoms with Crippen molar-refractivity contribution in [3.63, 3.8) is 0 Å². The van der Waals surface area contributed by atoms with Crippen molar-refractivity contribution in [3.8, 4) is 0 Å². The first-order valence-corrected chi connectivity index (χ1v) is 6.06. The molecule has 0 radical (unpaired) electrons. The van der Waals surface area contributed by atoms with E-state index in [1.54, 1.807) is 6.07 Å². The maximum Gasteiger partial charge on any atom is 0.0640 e. The molecule has 1 unspecified atom stereocenters. The van der Waals surface area contributed by atoms with Gasteiger partial charge in [0.15, 0.2) is 0 Å². The summed E-state index contributed by atoms with van der Waals surface area (Å²) in [7, 11) is 0. The van der Waals surface area contributed by atoms with Crippen LogP contribution in [0.4, 0.5) is 0 Å². The first kappa shape index (κ1) is 12.8.